The summed E-state index contributed by atoms with van der Waals surface area (Å²) in [4.78, 5) is 23.5. The standard InChI is InChI=1S/C9H11NO4/c11-8(12)2-1-6-4-10-5-7(6)3-9(13)14/h4-5,10H,1-3H2,(H,11,12)(H,13,14). The summed E-state index contributed by atoms with van der Waals surface area (Å²) in [5.74, 6) is -1.80. The van der Waals surface area contributed by atoms with Crippen LogP contribution in [0.4, 0.5) is 0 Å². The number of nitrogens with one attached hydrogen (secondary N) is 1. The molecule has 76 valence electrons. The molecule has 0 saturated carbocycles. The minimum absolute atomic E-state index is 0.0183. The van der Waals surface area contributed by atoms with Crippen molar-refractivity contribution in [2.45, 2.75) is 19.3 Å². The van der Waals surface area contributed by atoms with E-state index in [0.717, 1.165) is 5.56 Å². The van der Waals surface area contributed by atoms with E-state index < -0.39 is 11.9 Å². The van der Waals surface area contributed by atoms with Crippen molar-refractivity contribution in [3.05, 3.63) is 23.5 Å². The molecule has 0 radical (unpaired) electrons. The van der Waals surface area contributed by atoms with E-state index in [2.05, 4.69) is 4.98 Å². The Morgan fingerprint density at radius 2 is 1.79 bits per heavy atom. The average molecular weight is 197 g/mol. The number of rotatable bonds is 5. The van der Waals surface area contributed by atoms with Crippen LogP contribution in [0, 0.1) is 0 Å². The maximum absolute atomic E-state index is 10.4. The van der Waals surface area contributed by atoms with Gasteiger partial charge in [-0.15, -0.1) is 0 Å². The molecule has 5 heteroatoms. The molecule has 0 aliphatic rings. The number of hydrogen-bond acceptors (Lipinski definition) is 2. The highest BCUT2D eigenvalue weighted by Crippen LogP contribution is 2.11. The highest BCUT2D eigenvalue weighted by molar-refractivity contribution is 5.71. The molecule has 0 atom stereocenters. The van der Waals surface area contributed by atoms with E-state index in [1.807, 2.05) is 0 Å². The first-order chi connectivity index (χ1) is 6.59. The Balaban J connectivity index is 2.62. The third-order valence-electron chi connectivity index (χ3n) is 1.88. The lowest BCUT2D eigenvalue weighted by molar-refractivity contribution is -0.137. The van der Waals surface area contributed by atoms with Crippen molar-refractivity contribution in [3.8, 4) is 0 Å². The maximum Gasteiger partial charge on any atom is 0.307 e. The molecule has 1 aromatic heterocycles. The molecule has 14 heavy (non-hydrogen) atoms. The molecule has 0 spiro atoms. The van der Waals surface area contributed by atoms with E-state index in [1.54, 1.807) is 12.4 Å². The first kappa shape index (κ1) is 10.3. The summed E-state index contributed by atoms with van der Waals surface area (Å²) in [6.45, 7) is 0. The number of aliphatic carboxylic acids is 2. The van der Waals surface area contributed by atoms with Crippen LogP contribution in [0.5, 0.6) is 0 Å². The van der Waals surface area contributed by atoms with Crippen LogP contribution >= 0.6 is 0 Å². The van der Waals surface area contributed by atoms with Crippen LogP contribution in [0.15, 0.2) is 12.4 Å². The predicted octanol–water partition coefficient (Wildman–Crippen LogP) is 0.659. The van der Waals surface area contributed by atoms with Gasteiger partial charge >= 0.3 is 11.9 Å². The van der Waals surface area contributed by atoms with Gasteiger partial charge in [0.15, 0.2) is 0 Å². The molecular weight excluding hydrogens is 186 g/mol. The van der Waals surface area contributed by atoms with Crippen LogP contribution < -0.4 is 0 Å². The summed E-state index contributed by atoms with van der Waals surface area (Å²) in [7, 11) is 0. The van der Waals surface area contributed by atoms with E-state index in [-0.39, 0.29) is 12.8 Å². The van der Waals surface area contributed by atoms with Crippen LogP contribution in [0.2, 0.25) is 0 Å². The Kier molecular flexibility index (Phi) is 3.28. The highest BCUT2D eigenvalue weighted by Gasteiger charge is 2.08. The van der Waals surface area contributed by atoms with Crippen molar-refractivity contribution >= 4 is 11.9 Å². The molecule has 3 N–H and O–H groups in total. The second kappa shape index (κ2) is 4.45. The van der Waals surface area contributed by atoms with E-state index >= 15 is 0 Å². The zero-order valence-corrected chi connectivity index (χ0v) is 7.49. The Morgan fingerprint density at radius 1 is 1.14 bits per heavy atom. The summed E-state index contributed by atoms with van der Waals surface area (Å²) in [6.07, 6.45) is 3.54. The Hall–Kier alpha value is -1.78. The fourth-order valence-electron chi connectivity index (χ4n) is 1.23. The van der Waals surface area contributed by atoms with E-state index in [1.165, 1.54) is 0 Å². The number of aromatic nitrogens is 1. The number of aryl methyl sites for hydroxylation is 1. The number of aromatic amines is 1. The fourth-order valence-corrected chi connectivity index (χ4v) is 1.23. The zero-order valence-electron chi connectivity index (χ0n) is 7.49. The van der Waals surface area contributed by atoms with Gasteiger partial charge in [-0.25, -0.2) is 0 Å². The van der Waals surface area contributed by atoms with Gasteiger partial charge in [0, 0.05) is 18.8 Å². The van der Waals surface area contributed by atoms with Gasteiger partial charge in [-0.2, -0.15) is 0 Å². The maximum atomic E-state index is 10.4. The smallest absolute Gasteiger partial charge is 0.307 e. The molecule has 0 fully saturated rings. The molecule has 1 aromatic rings. The number of hydrogen-bond donors (Lipinski definition) is 3. The van der Waals surface area contributed by atoms with E-state index in [9.17, 15) is 9.59 Å². The van der Waals surface area contributed by atoms with Gasteiger partial charge in [-0.1, -0.05) is 0 Å². The van der Waals surface area contributed by atoms with Crippen LogP contribution in [0.25, 0.3) is 0 Å². The second-order valence-electron chi connectivity index (χ2n) is 2.97. The number of carboxylic acid groups (broad SMARTS) is 2. The molecule has 0 saturated heterocycles. The van der Waals surface area contributed by atoms with Crippen molar-refractivity contribution in [1.29, 1.82) is 0 Å². The third-order valence-corrected chi connectivity index (χ3v) is 1.88. The van der Waals surface area contributed by atoms with Gasteiger partial charge in [0.05, 0.1) is 6.42 Å². The van der Waals surface area contributed by atoms with Gasteiger partial charge in [-0.05, 0) is 17.5 Å². The van der Waals surface area contributed by atoms with Crippen molar-refractivity contribution in [1.82, 2.24) is 4.98 Å². The van der Waals surface area contributed by atoms with E-state index in [0.29, 0.717) is 12.0 Å². The summed E-state index contributed by atoms with van der Waals surface area (Å²) >= 11 is 0. The normalized spacial score (nSPS) is 10.0. The lowest BCUT2D eigenvalue weighted by Crippen LogP contribution is -2.03. The molecule has 0 amide bonds. The molecule has 0 aliphatic carbocycles. The quantitative estimate of drug-likeness (QED) is 0.646. The fraction of sp³-hybridized carbons (Fsp3) is 0.333. The largest absolute Gasteiger partial charge is 0.481 e. The first-order valence-corrected chi connectivity index (χ1v) is 4.17. The lowest BCUT2D eigenvalue weighted by Gasteiger charge is -1.98. The Morgan fingerprint density at radius 3 is 2.36 bits per heavy atom. The van der Waals surface area contributed by atoms with Gasteiger partial charge < -0.3 is 15.2 Å². The topological polar surface area (TPSA) is 90.4 Å². The number of H-pyrrole nitrogens is 1. The lowest BCUT2D eigenvalue weighted by atomic mass is 10.1. The first-order valence-electron chi connectivity index (χ1n) is 4.17. The molecule has 0 aromatic carbocycles. The van der Waals surface area contributed by atoms with Crippen LogP contribution in [0.1, 0.15) is 17.5 Å². The van der Waals surface area contributed by atoms with Gasteiger partial charge in [-0.3, -0.25) is 9.59 Å². The monoisotopic (exact) mass is 197 g/mol. The molecule has 0 bridgehead atoms. The molecule has 1 rings (SSSR count). The summed E-state index contributed by atoms with van der Waals surface area (Å²) < 4.78 is 0. The predicted molar refractivity (Wildman–Crippen MR) is 48.1 cm³/mol. The number of carboxylic acids is 2. The second-order valence-corrected chi connectivity index (χ2v) is 2.97. The van der Waals surface area contributed by atoms with E-state index in [4.69, 9.17) is 10.2 Å². The van der Waals surface area contributed by atoms with Crippen LogP contribution in [-0.4, -0.2) is 27.1 Å². The number of carbonyl (C=O) groups is 2. The molecule has 5 nitrogen and oxygen atoms in total. The Bertz CT molecular complexity index is 342. The molecule has 0 aliphatic heterocycles. The Labute approximate surface area is 80.4 Å². The van der Waals surface area contributed by atoms with Gasteiger partial charge in [0.2, 0.25) is 0 Å². The van der Waals surface area contributed by atoms with Crippen LogP contribution in [0.3, 0.4) is 0 Å². The van der Waals surface area contributed by atoms with Crippen molar-refractivity contribution < 1.29 is 19.8 Å². The minimum atomic E-state index is -0.916. The van der Waals surface area contributed by atoms with Gasteiger partial charge in [0.1, 0.15) is 0 Å². The van der Waals surface area contributed by atoms with Gasteiger partial charge in [0.25, 0.3) is 0 Å². The molecular formula is C9H11NO4. The third kappa shape index (κ3) is 2.93. The molecule has 0 unspecified atom stereocenters. The summed E-state index contributed by atoms with van der Waals surface area (Å²) in [5, 5.41) is 17.0. The van der Waals surface area contributed by atoms with Crippen LogP contribution in [-0.2, 0) is 22.4 Å². The minimum Gasteiger partial charge on any atom is -0.481 e. The van der Waals surface area contributed by atoms with Crippen molar-refractivity contribution in [2.24, 2.45) is 0 Å². The summed E-state index contributed by atoms with van der Waals surface area (Å²) in [5.41, 5.74) is 1.41. The average Bonchev–Trinajstić information content (AvgIpc) is 2.47. The molecule has 1 heterocycles. The van der Waals surface area contributed by atoms with Crippen molar-refractivity contribution in [2.75, 3.05) is 0 Å². The van der Waals surface area contributed by atoms with Crippen molar-refractivity contribution in [3.63, 3.8) is 0 Å². The summed E-state index contributed by atoms with van der Waals surface area (Å²) in [6, 6.07) is 0. The highest BCUT2D eigenvalue weighted by atomic mass is 16.4. The SMILES string of the molecule is O=C(O)CCc1c[nH]cc1CC(=O)O. The zero-order chi connectivity index (χ0) is 10.6.